The first-order valence-corrected chi connectivity index (χ1v) is 9.97. The molecule has 0 saturated carbocycles. The van der Waals surface area contributed by atoms with E-state index in [-0.39, 0.29) is 12.3 Å². The highest BCUT2D eigenvalue weighted by Gasteiger charge is 2.21. The van der Waals surface area contributed by atoms with Crippen LogP contribution in [0.4, 0.5) is 10.7 Å². The molecule has 4 N–H and O–H groups in total. The molecule has 1 unspecified atom stereocenters. The highest BCUT2D eigenvalue weighted by molar-refractivity contribution is 5.93. The summed E-state index contributed by atoms with van der Waals surface area (Å²) in [5, 5.41) is 5.59. The number of rotatable bonds is 6. The molecule has 0 radical (unpaired) electrons. The van der Waals surface area contributed by atoms with Crippen LogP contribution in [0, 0.1) is 6.92 Å². The van der Waals surface area contributed by atoms with Crippen LogP contribution in [-0.2, 0) is 4.79 Å². The number of primary amides is 1. The Kier molecular flexibility index (Phi) is 5.66. The van der Waals surface area contributed by atoms with Gasteiger partial charge in [0.15, 0.2) is 0 Å². The van der Waals surface area contributed by atoms with E-state index >= 15 is 0 Å². The number of fused-ring (bicyclic) bond motifs is 1. The summed E-state index contributed by atoms with van der Waals surface area (Å²) in [5.41, 5.74) is 9.71. The molecule has 7 nitrogen and oxygen atoms in total. The van der Waals surface area contributed by atoms with Crippen LogP contribution >= 0.6 is 0 Å². The van der Waals surface area contributed by atoms with Crippen molar-refractivity contribution in [2.75, 3.05) is 5.32 Å². The molecule has 31 heavy (non-hydrogen) atoms. The van der Waals surface area contributed by atoms with Crippen molar-refractivity contribution in [3.63, 3.8) is 0 Å². The van der Waals surface area contributed by atoms with E-state index < -0.39 is 12.1 Å². The van der Waals surface area contributed by atoms with Crippen LogP contribution in [0.2, 0.25) is 0 Å². The number of hydrogen-bond donors (Lipinski definition) is 3. The predicted octanol–water partition coefficient (Wildman–Crippen LogP) is 4.07. The number of anilines is 1. The molecule has 0 spiro atoms. The van der Waals surface area contributed by atoms with Crippen molar-refractivity contribution < 1.29 is 9.59 Å². The van der Waals surface area contributed by atoms with Crippen molar-refractivity contribution in [1.29, 1.82) is 0 Å². The second kappa shape index (κ2) is 8.71. The smallest absolute Gasteiger partial charge is 0.312 e. The molecule has 0 saturated heterocycles. The van der Waals surface area contributed by atoms with Gasteiger partial charge in [-0.2, -0.15) is 0 Å². The Morgan fingerprint density at radius 1 is 0.968 bits per heavy atom. The summed E-state index contributed by atoms with van der Waals surface area (Å²) in [6.45, 7) is 1.93. The summed E-state index contributed by atoms with van der Waals surface area (Å²) in [4.78, 5) is 29.2. The molecule has 0 aliphatic carbocycles. The number of amides is 3. The van der Waals surface area contributed by atoms with Crippen molar-refractivity contribution in [3.8, 4) is 5.69 Å². The molecule has 4 rings (SSSR count). The number of nitrogens with one attached hydrogen (secondary N) is 2. The maximum Gasteiger partial charge on any atom is 0.312 e. The van der Waals surface area contributed by atoms with Gasteiger partial charge in [0, 0.05) is 5.69 Å². The zero-order valence-electron chi connectivity index (χ0n) is 17.1. The number of carbonyl (C=O) groups is 2. The number of imidazole rings is 1. The quantitative estimate of drug-likeness (QED) is 0.444. The van der Waals surface area contributed by atoms with E-state index in [2.05, 4.69) is 15.6 Å². The normalized spacial score (nSPS) is 11.8. The summed E-state index contributed by atoms with van der Waals surface area (Å²) < 4.78 is 1.90. The summed E-state index contributed by atoms with van der Waals surface area (Å²) in [5.74, 6) is 0.134. The summed E-state index contributed by atoms with van der Waals surface area (Å²) in [6, 6.07) is 23.7. The number of nitrogens with zero attached hydrogens (tertiary/aromatic N) is 2. The van der Waals surface area contributed by atoms with Gasteiger partial charge in [0.1, 0.15) is 0 Å². The van der Waals surface area contributed by atoms with Crippen LogP contribution in [0.5, 0.6) is 0 Å². The summed E-state index contributed by atoms with van der Waals surface area (Å²) >= 11 is 0. The Morgan fingerprint density at radius 3 is 2.39 bits per heavy atom. The molecule has 4 aromatic rings. The van der Waals surface area contributed by atoms with Gasteiger partial charge in [0.25, 0.3) is 0 Å². The van der Waals surface area contributed by atoms with Gasteiger partial charge >= 0.3 is 6.03 Å². The van der Waals surface area contributed by atoms with Crippen molar-refractivity contribution in [2.24, 2.45) is 5.73 Å². The Morgan fingerprint density at radius 2 is 1.65 bits per heavy atom. The third-order valence-corrected chi connectivity index (χ3v) is 5.10. The van der Waals surface area contributed by atoms with Crippen molar-refractivity contribution >= 4 is 28.9 Å². The lowest BCUT2D eigenvalue weighted by atomic mass is 9.98. The zero-order valence-corrected chi connectivity index (χ0v) is 17.1. The first-order chi connectivity index (χ1) is 15.0. The van der Waals surface area contributed by atoms with E-state index in [0.717, 1.165) is 27.8 Å². The van der Waals surface area contributed by atoms with E-state index in [1.54, 1.807) is 0 Å². The SMILES string of the molecule is Cc1ccccc1C(CC(=O)Nc1nc2ccccc2n1-c1ccccc1)NC(N)=O. The average molecular weight is 413 g/mol. The molecule has 156 valence electrons. The monoisotopic (exact) mass is 413 g/mol. The van der Waals surface area contributed by atoms with Gasteiger partial charge in [-0.05, 0) is 42.3 Å². The van der Waals surface area contributed by atoms with Crippen molar-refractivity contribution in [3.05, 3.63) is 90.0 Å². The molecule has 1 aromatic heterocycles. The van der Waals surface area contributed by atoms with E-state index in [1.165, 1.54) is 0 Å². The highest BCUT2D eigenvalue weighted by Crippen LogP contribution is 2.26. The molecule has 0 aliphatic rings. The zero-order chi connectivity index (χ0) is 21.8. The second-order valence-electron chi connectivity index (χ2n) is 7.27. The molecule has 1 heterocycles. The number of aromatic nitrogens is 2. The van der Waals surface area contributed by atoms with E-state index in [4.69, 9.17) is 5.73 Å². The van der Waals surface area contributed by atoms with E-state index in [9.17, 15) is 9.59 Å². The van der Waals surface area contributed by atoms with Gasteiger partial charge in [0.05, 0.1) is 23.5 Å². The number of benzene rings is 3. The van der Waals surface area contributed by atoms with Crippen LogP contribution in [0.25, 0.3) is 16.7 Å². The maximum absolute atomic E-state index is 13.0. The number of aryl methyl sites for hydroxylation is 1. The average Bonchev–Trinajstić information content (AvgIpc) is 3.11. The first-order valence-electron chi connectivity index (χ1n) is 9.97. The van der Waals surface area contributed by atoms with Crippen LogP contribution in [0.1, 0.15) is 23.6 Å². The standard InChI is InChI=1S/C24H23N5O2/c1-16-9-5-6-12-18(16)20(26-23(25)31)15-22(30)28-24-27-19-13-7-8-14-21(19)29(24)17-10-3-2-4-11-17/h2-14,20H,15H2,1H3,(H3,25,26,31)(H,27,28,30). The first kappa shape index (κ1) is 20.2. The molecule has 0 fully saturated rings. The highest BCUT2D eigenvalue weighted by atomic mass is 16.2. The molecule has 7 heteroatoms. The van der Waals surface area contributed by atoms with Crippen molar-refractivity contribution in [1.82, 2.24) is 14.9 Å². The van der Waals surface area contributed by atoms with Gasteiger partial charge in [-0.25, -0.2) is 9.78 Å². The van der Waals surface area contributed by atoms with E-state index in [0.29, 0.717) is 5.95 Å². The molecule has 0 aliphatic heterocycles. The fraction of sp³-hybridized carbons (Fsp3) is 0.125. The summed E-state index contributed by atoms with van der Waals surface area (Å²) in [6.07, 6.45) is 0.0196. The Hall–Kier alpha value is -4.13. The molecule has 0 bridgehead atoms. The lowest BCUT2D eigenvalue weighted by molar-refractivity contribution is -0.116. The molecular weight excluding hydrogens is 390 g/mol. The van der Waals surface area contributed by atoms with Gasteiger partial charge in [-0.1, -0.05) is 54.6 Å². The van der Waals surface area contributed by atoms with Gasteiger partial charge < -0.3 is 11.1 Å². The van der Waals surface area contributed by atoms with Crippen LogP contribution in [0.3, 0.4) is 0 Å². The molecule has 3 aromatic carbocycles. The van der Waals surface area contributed by atoms with E-state index in [1.807, 2.05) is 90.4 Å². The molecule has 3 amide bonds. The van der Waals surface area contributed by atoms with Crippen LogP contribution in [-0.4, -0.2) is 21.5 Å². The lowest BCUT2D eigenvalue weighted by Crippen LogP contribution is -2.35. The minimum Gasteiger partial charge on any atom is -0.352 e. The molecular formula is C24H23N5O2. The van der Waals surface area contributed by atoms with Gasteiger partial charge in [0.2, 0.25) is 11.9 Å². The molecule has 1 atom stereocenters. The Bertz CT molecular complexity index is 1230. The topological polar surface area (TPSA) is 102 Å². The largest absolute Gasteiger partial charge is 0.352 e. The number of hydrogen-bond acceptors (Lipinski definition) is 3. The Balaban J connectivity index is 1.65. The van der Waals surface area contributed by atoms with Crippen LogP contribution < -0.4 is 16.4 Å². The van der Waals surface area contributed by atoms with Gasteiger partial charge in [-0.15, -0.1) is 0 Å². The maximum atomic E-state index is 13.0. The number of urea groups is 1. The minimum atomic E-state index is -0.683. The number of carbonyl (C=O) groups excluding carboxylic acids is 2. The third-order valence-electron chi connectivity index (χ3n) is 5.10. The van der Waals surface area contributed by atoms with Crippen LogP contribution in [0.15, 0.2) is 78.9 Å². The fourth-order valence-corrected chi connectivity index (χ4v) is 3.70. The minimum absolute atomic E-state index is 0.0196. The third kappa shape index (κ3) is 4.40. The predicted molar refractivity (Wildman–Crippen MR) is 121 cm³/mol. The summed E-state index contributed by atoms with van der Waals surface area (Å²) in [7, 11) is 0. The number of nitrogens with two attached hydrogens (primary N) is 1. The number of para-hydroxylation sites is 3. The second-order valence-corrected chi connectivity index (χ2v) is 7.27. The fourth-order valence-electron chi connectivity index (χ4n) is 3.70. The Labute approximate surface area is 179 Å². The van der Waals surface area contributed by atoms with Crippen molar-refractivity contribution in [2.45, 2.75) is 19.4 Å². The van der Waals surface area contributed by atoms with Gasteiger partial charge in [-0.3, -0.25) is 14.7 Å². The lowest BCUT2D eigenvalue weighted by Gasteiger charge is -2.19.